The minimum atomic E-state index is -1.18. The van der Waals surface area contributed by atoms with Crippen LogP contribution in [0.4, 0.5) is 0 Å². The normalized spacial score (nSPS) is 52.2. The highest BCUT2D eigenvalue weighted by atomic mass is 16.7. The van der Waals surface area contributed by atoms with Crippen molar-refractivity contribution < 1.29 is 14.6 Å². The number of carbonyl (C=O) groups excluding carboxylic acids is 1. The van der Waals surface area contributed by atoms with E-state index in [4.69, 9.17) is 4.74 Å². The lowest BCUT2D eigenvalue weighted by molar-refractivity contribution is -0.236. The van der Waals surface area contributed by atoms with Gasteiger partial charge in [0.15, 0.2) is 0 Å². The maximum Gasteiger partial charge on any atom is 0.305 e. The minimum Gasteiger partial charge on any atom is -0.433 e. The van der Waals surface area contributed by atoms with Gasteiger partial charge < -0.3 is 9.84 Å². The van der Waals surface area contributed by atoms with E-state index in [1.165, 1.54) is 51.9 Å². The van der Waals surface area contributed by atoms with Gasteiger partial charge in [-0.15, -0.1) is 0 Å². The molecule has 0 spiro atoms. The van der Waals surface area contributed by atoms with Crippen molar-refractivity contribution >= 4 is 5.97 Å². The zero-order chi connectivity index (χ0) is 16.2. The fourth-order valence-corrected chi connectivity index (χ4v) is 7.19. The summed E-state index contributed by atoms with van der Waals surface area (Å²) in [4.78, 5) is 11.3. The number of carbonyl (C=O) groups is 1. The lowest BCUT2D eigenvalue weighted by Crippen LogP contribution is -2.51. The molecule has 0 heterocycles. The maximum absolute atomic E-state index is 11.3. The van der Waals surface area contributed by atoms with Gasteiger partial charge in [-0.05, 0) is 80.0 Å². The van der Waals surface area contributed by atoms with E-state index in [1.54, 1.807) is 0 Å². The van der Waals surface area contributed by atoms with Crippen molar-refractivity contribution in [3.05, 3.63) is 0 Å². The molecule has 4 aliphatic rings. The van der Waals surface area contributed by atoms with Crippen molar-refractivity contribution in [2.24, 2.45) is 35.0 Å². The molecule has 4 saturated carbocycles. The molecule has 0 bridgehead atoms. The lowest BCUT2D eigenvalue weighted by Gasteiger charge is -2.56. The number of hydrogen-bond acceptors (Lipinski definition) is 3. The predicted molar refractivity (Wildman–Crippen MR) is 88.4 cm³/mol. The molecule has 0 unspecified atom stereocenters. The Hall–Kier alpha value is -0.570. The van der Waals surface area contributed by atoms with Crippen molar-refractivity contribution in [3.63, 3.8) is 0 Å². The van der Waals surface area contributed by atoms with Crippen LogP contribution in [0.2, 0.25) is 0 Å². The second-order valence-electron chi connectivity index (χ2n) is 9.30. The zero-order valence-corrected chi connectivity index (χ0v) is 14.7. The van der Waals surface area contributed by atoms with Crippen LogP contribution >= 0.6 is 0 Å². The number of aliphatic hydroxyl groups is 1. The first-order valence-electron chi connectivity index (χ1n) is 9.82. The molecule has 0 aliphatic heterocycles. The van der Waals surface area contributed by atoms with Crippen molar-refractivity contribution in [1.29, 1.82) is 0 Å². The second-order valence-corrected chi connectivity index (χ2v) is 9.30. The summed E-state index contributed by atoms with van der Waals surface area (Å²) in [6.07, 6.45) is 12.0. The zero-order valence-electron chi connectivity index (χ0n) is 14.7. The highest BCUT2D eigenvalue weighted by molar-refractivity contribution is 5.66. The molecule has 3 heteroatoms. The van der Waals surface area contributed by atoms with Crippen LogP contribution in [-0.2, 0) is 9.53 Å². The molecule has 3 nitrogen and oxygen atoms in total. The summed E-state index contributed by atoms with van der Waals surface area (Å²) in [7, 11) is 0. The average Bonchev–Trinajstić information content (AvgIpc) is 2.87. The first-order valence-corrected chi connectivity index (χ1v) is 9.82. The summed E-state index contributed by atoms with van der Waals surface area (Å²) in [5.41, 5.74) is 0.626. The van der Waals surface area contributed by atoms with Crippen LogP contribution in [0.3, 0.4) is 0 Å². The van der Waals surface area contributed by atoms with Crippen LogP contribution in [0.5, 0.6) is 0 Å². The molecule has 0 amide bonds. The Morgan fingerprint density at radius 3 is 2.57 bits per heavy atom. The summed E-state index contributed by atoms with van der Waals surface area (Å²) >= 11 is 0. The number of fused-ring (bicyclic) bond motifs is 5. The molecular weight excluding hydrogens is 288 g/mol. The Balaban J connectivity index is 1.49. The summed E-state index contributed by atoms with van der Waals surface area (Å²) < 4.78 is 5.27. The van der Waals surface area contributed by atoms with Crippen LogP contribution < -0.4 is 0 Å². The largest absolute Gasteiger partial charge is 0.433 e. The molecule has 0 aromatic rings. The SMILES string of the molecule is CC(=O)O[C@@]1(O)CC[C@H]2[C@H](CC[C@@H]3[C@@H]2CC[C@]2(C)CCC[C@@H]32)C1. The van der Waals surface area contributed by atoms with Crippen molar-refractivity contribution in [1.82, 2.24) is 0 Å². The summed E-state index contributed by atoms with van der Waals surface area (Å²) in [6, 6.07) is 0. The Kier molecular flexibility index (Phi) is 3.79. The van der Waals surface area contributed by atoms with Crippen molar-refractivity contribution in [2.75, 3.05) is 0 Å². The van der Waals surface area contributed by atoms with E-state index < -0.39 is 5.79 Å². The molecule has 0 radical (unpaired) electrons. The third kappa shape index (κ3) is 2.63. The standard InChI is InChI=1S/C20H32O3/c1-13(21)23-20(22)11-8-15-14(12-20)5-6-17-16(15)7-10-19(2)9-3-4-18(17)19/h14-18,22H,3-12H2,1-2H3/t14-,15+,16-,17-,18+,19+,20+/m1/s1. The molecule has 7 atom stereocenters. The Morgan fingerprint density at radius 2 is 1.78 bits per heavy atom. The molecule has 4 rings (SSSR count). The monoisotopic (exact) mass is 320 g/mol. The van der Waals surface area contributed by atoms with Gasteiger partial charge in [0.1, 0.15) is 0 Å². The molecule has 0 aromatic heterocycles. The third-order valence-electron chi connectivity index (χ3n) is 8.08. The number of hydrogen-bond donors (Lipinski definition) is 1. The Bertz CT molecular complexity index is 489. The van der Waals surface area contributed by atoms with Crippen molar-refractivity contribution in [2.45, 2.75) is 83.8 Å². The smallest absolute Gasteiger partial charge is 0.305 e. The van der Waals surface area contributed by atoms with E-state index in [2.05, 4.69) is 6.92 Å². The molecule has 130 valence electrons. The number of rotatable bonds is 1. The van der Waals surface area contributed by atoms with Gasteiger partial charge in [-0.1, -0.05) is 13.3 Å². The van der Waals surface area contributed by atoms with Crippen LogP contribution in [0.25, 0.3) is 0 Å². The van der Waals surface area contributed by atoms with Gasteiger partial charge >= 0.3 is 5.97 Å². The fourth-order valence-electron chi connectivity index (χ4n) is 7.19. The van der Waals surface area contributed by atoms with Crippen LogP contribution in [0.1, 0.15) is 78.1 Å². The van der Waals surface area contributed by atoms with Gasteiger partial charge in [0.25, 0.3) is 0 Å². The van der Waals surface area contributed by atoms with E-state index in [-0.39, 0.29) is 5.97 Å². The summed E-state index contributed by atoms with van der Waals surface area (Å²) in [6.45, 7) is 3.95. The molecule has 1 N–H and O–H groups in total. The van der Waals surface area contributed by atoms with E-state index >= 15 is 0 Å². The number of esters is 1. The first kappa shape index (κ1) is 15.9. The van der Waals surface area contributed by atoms with E-state index in [9.17, 15) is 9.90 Å². The van der Waals surface area contributed by atoms with Gasteiger partial charge in [0.05, 0.1) is 0 Å². The van der Waals surface area contributed by atoms with Gasteiger partial charge in [0.2, 0.25) is 5.79 Å². The van der Waals surface area contributed by atoms with Gasteiger partial charge in [0, 0.05) is 19.8 Å². The minimum absolute atomic E-state index is 0.348. The van der Waals surface area contributed by atoms with E-state index in [0.717, 1.165) is 30.1 Å². The third-order valence-corrected chi connectivity index (χ3v) is 8.08. The average molecular weight is 320 g/mol. The molecule has 0 aromatic carbocycles. The molecular formula is C20H32O3. The summed E-state index contributed by atoms with van der Waals surface area (Å²) in [5.74, 6) is 2.53. The number of ether oxygens (including phenoxy) is 1. The molecule has 4 aliphatic carbocycles. The lowest BCUT2D eigenvalue weighted by atomic mass is 9.50. The van der Waals surface area contributed by atoms with Crippen LogP contribution in [0.15, 0.2) is 0 Å². The quantitative estimate of drug-likeness (QED) is 0.579. The highest BCUT2D eigenvalue weighted by Gasteiger charge is 2.55. The highest BCUT2D eigenvalue weighted by Crippen LogP contribution is 2.62. The molecule has 0 saturated heterocycles. The maximum atomic E-state index is 11.3. The fraction of sp³-hybridized carbons (Fsp3) is 0.950. The Labute approximate surface area is 140 Å². The predicted octanol–water partition coefficient (Wildman–Crippen LogP) is 4.28. The van der Waals surface area contributed by atoms with Crippen LogP contribution in [0, 0.1) is 35.0 Å². The Morgan fingerprint density at radius 1 is 1.00 bits per heavy atom. The topological polar surface area (TPSA) is 46.5 Å². The van der Waals surface area contributed by atoms with Crippen molar-refractivity contribution in [3.8, 4) is 0 Å². The van der Waals surface area contributed by atoms with Gasteiger partial charge in [-0.3, -0.25) is 4.79 Å². The van der Waals surface area contributed by atoms with E-state index in [1.807, 2.05) is 0 Å². The van der Waals surface area contributed by atoms with E-state index in [0.29, 0.717) is 24.2 Å². The summed E-state index contributed by atoms with van der Waals surface area (Å²) in [5, 5.41) is 10.6. The molecule has 23 heavy (non-hydrogen) atoms. The first-order chi connectivity index (χ1) is 10.9. The molecule has 4 fully saturated rings. The van der Waals surface area contributed by atoms with Gasteiger partial charge in [-0.25, -0.2) is 0 Å². The van der Waals surface area contributed by atoms with Gasteiger partial charge in [-0.2, -0.15) is 0 Å². The second kappa shape index (κ2) is 5.47. The van der Waals surface area contributed by atoms with Crippen LogP contribution in [-0.4, -0.2) is 16.9 Å².